The number of fused-ring (bicyclic) bond motifs is 1. The minimum absolute atomic E-state index is 0.431. The van der Waals surface area contributed by atoms with Crippen molar-refractivity contribution < 1.29 is 4.79 Å². The Balaban J connectivity index is 1.78. The van der Waals surface area contributed by atoms with Gasteiger partial charge >= 0.3 is 0 Å². The number of rotatable bonds is 4. The van der Waals surface area contributed by atoms with Gasteiger partial charge in [0.25, 0.3) is 0 Å². The predicted molar refractivity (Wildman–Crippen MR) is 92.4 cm³/mol. The maximum Gasteiger partial charge on any atom is 0.143 e. The van der Waals surface area contributed by atoms with Gasteiger partial charge in [0.2, 0.25) is 0 Å². The lowest BCUT2D eigenvalue weighted by atomic mass is 9.78. The summed E-state index contributed by atoms with van der Waals surface area (Å²) in [5.41, 5.74) is 5.02. The number of carbonyl (C=O) groups is 1. The standard InChI is InChI=1S/C21H20O/c22-16-15-21-19(11-6-9-17-7-2-1-3-8-17)14-13-18-10-4-5-12-20(18)21/h1-10,12,15-16,19H,11,13-14H2/b9-6+,21-15+. The Bertz CT molecular complexity index is 695. The van der Waals surface area contributed by atoms with Gasteiger partial charge in [0.05, 0.1) is 0 Å². The Kier molecular flexibility index (Phi) is 4.65. The van der Waals surface area contributed by atoms with Crippen LogP contribution in [0.4, 0.5) is 0 Å². The van der Waals surface area contributed by atoms with E-state index in [2.05, 4.69) is 48.6 Å². The van der Waals surface area contributed by atoms with Crippen LogP contribution in [0.3, 0.4) is 0 Å². The zero-order valence-corrected chi connectivity index (χ0v) is 12.6. The van der Waals surface area contributed by atoms with Crippen molar-refractivity contribution in [3.8, 4) is 0 Å². The minimum Gasteiger partial charge on any atom is -0.299 e. The van der Waals surface area contributed by atoms with Gasteiger partial charge in [-0.3, -0.25) is 4.79 Å². The Hall–Kier alpha value is -2.41. The molecule has 0 aromatic heterocycles. The molecule has 2 aromatic carbocycles. The molecule has 0 radical (unpaired) electrons. The quantitative estimate of drug-likeness (QED) is 0.575. The SMILES string of the molecule is O=C/C=C1/c2ccccc2CCC1C/C=C/c1ccccc1. The van der Waals surface area contributed by atoms with E-state index in [0.717, 1.165) is 25.5 Å². The van der Waals surface area contributed by atoms with Crippen molar-refractivity contribution in [3.05, 3.63) is 83.4 Å². The third kappa shape index (κ3) is 3.25. The molecule has 0 aliphatic heterocycles. The molecule has 0 saturated heterocycles. The van der Waals surface area contributed by atoms with Crippen molar-refractivity contribution in [2.24, 2.45) is 5.92 Å². The largest absolute Gasteiger partial charge is 0.299 e. The highest BCUT2D eigenvalue weighted by Gasteiger charge is 2.22. The second kappa shape index (κ2) is 7.04. The highest BCUT2D eigenvalue weighted by atomic mass is 16.1. The number of aldehydes is 1. The van der Waals surface area contributed by atoms with E-state index in [4.69, 9.17) is 0 Å². The van der Waals surface area contributed by atoms with Gasteiger partial charge < -0.3 is 0 Å². The molecule has 1 nitrogen and oxygen atoms in total. The van der Waals surface area contributed by atoms with Gasteiger partial charge in [-0.15, -0.1) is 0 Å². The topological polar surface area (TPSA) is 17.1 Å². The number of hydrogen-bond donors (Lipinski definition) is 0. The summed E-state index contributed by atoms with van der Waals surface area (Å²) in [5.74, 6) is 0.431. The molecule has 0 bridgehead atoms. The van der Waals surface area contributed by atoms with Gasteiger partial charge in [0.15, 0.2) is 0 Å². The van der Waals surface area contributed by atoms with E-state index in [1.165, 1.54) is 22.3 Å². The molecule has 2 aromatic rings. The van der Waals surface area contributed by atoms with Crippen LogP contribution < -0.4 is 0 Å². The first-order valence-corrected chi connectivity index (χ1v) is 7.83. The molecule has 0 spiro atoms. The molecule has 1 unspecified atom stereocenters. The summed E-state index contributed by atoms with van der Waals surface area (Å²) in [5, 5.41) is 0. The smallest absolute Gasteiger partial charge is 0.143 e. The van der Waals surface area contributed by atoms with Crippen molar-refractivity contribution in [1.29, 1.82) is 0 Å². The fraction of sp³-hybridized carbons (Fsp3) is 0.190. The van der Waals surface area contributed by atoms with Crippen LogP contribution in [-0.2, 0) is 11.2 Å². The second-order valence-corrected chi connectivity index (χ2v) is 5.70. The average Bonchev–Trinajstić information content (AvgIpc) is 2.58. The molecule has 1 heteroatoms. The Morgan fingerprint density at radius 2 is 1.77 bits per heavy atom. The predicted octanol–water partition coefficient (Wildman–Crippen LogP) is 4.93. The molecule has 1 aliphatic rings. The first-order valence-electron chi connectivity index (χ1n) is 7.83. The fourth-order valence-corrected chi connectivity index (χ4v) is 3.20. The van der Waals surface area contributed by atoms with Crippen molar-refractivity contribution in [1.82, 2.24) is 0 Å². The van der Waals surface area contributed by atoms with Crippen LogP contribution in [-0.4, -0.2) is 6.29 Å². The summed E-state index contributed by atoms with van der Waals surface area (Å²) in [7, 11) is 0. The van der Waals surface area contributed by atoms with Crippen LogP contribution in [0.2, 0.25) is 0 Å². The molecular formula is C21H20O. The zero-order chi connectivity index (χ0) is 15.2. The summed E-state index contributed by atoms with van der Waals surface area (Å²) in [6.45, 7) is 0. The highest BCUT2D eigenvalue weighted by molar-refractivity contribution is 5.84. The first-order chi connectivity index (χ1) is 10.9. The van der Waals surface area contributed by atoms with Crippen molar-refractivity contribution >= 4 is 17.9 Å². The fourth-order valence-electron chi connectivity index (χ4n) is 3.20. The molecule has 1 aliphatic carbocycles. The van der Waals surface area contributed by atoms with Crippen LogP contribution >= 0.6 is 0 Å². The number of aryl methyl sites for hydroxylation is 1. The summed E-state index contributed by atoms with van der Waals surface area (Å²) in [4.78, 5) is 11.0. The Labute approximate surface area is 132 Å². The van der Waals surface area contributed by atoms with E-state index in [-0.39, 0.29) is 0 Å². The summed E-state index contributed by atoms with van der Waals surface area (Å²) < 4.78 is 0. The number of carbonyl (C=O) groups excluding carboxylic acids is 1. The van der Waals surface area contributed by atoms with Gasteiger partial charge in [-0.05, 0) is 53.5 Å². The third-order valence-electron chi connectivity index (χ3n) is 4.31. The molecule has 0 heterocycles. The molecule has 0 saturated carbocycles. The highest BCUT2D eigenvalue weighted by Crippen LogP contribution is 2.37. The van der Waals surface area contributed by atoms with Crippen molar-refractivity contribution in [3.63, 3.8) is 0 Å². The Morgan fingerprint density at radius 1 is 1.00 bits per heavy atom. The van der Waals surface area contributed by atoms with Gasteiger partial charge in [-0.2, -0.15) is 0 Å². The summed E-state index contributed by atoms with van der Waals surface area (Å²) >= 11 is 0. The third-order valence-corrected chi connectivity index (χ3v) is 4.31. The van der Waals surface area contributed by atoms with E-state index >= 15 is 0 Å². The normalized spacial score (nSPS) is 19.3. The molecule has 0 fully saturated rings. The molecule has 0 amide bonds. The van der Waals surface area contributed by atoms with Gasteiger partial charge in [-0.25, -0.2) is 0 Å². The van der Waals surface area contributed by atoms with E-state index < -0.39 is 0 Å². The first kappa shape index (κ1) is 14.5. The molecule has 3 rings (SSSR count). The number of allylic oxidation sites excluding steroid dienone is 3. The van der Waals surface area contributed by atoms with Gasteiger partial charge in [-0.1, -0.05) is 66.7 Å². The van der Waals surface area contributed by atoms with E-state index in [1.54, 1.807) is 6.08 Å². The Morgan fingerprint density at radius 3 is 2.59 bits per heavy atom. The lowest BCUT2D eigenvalue weighted by molar-refractivity contribution is -0.104. The average molecular weight is 288 g/mol. The zero-order valence-electron chi connectivity index (χ0n) is 12.6. The number of hydrogen-bond acceptors (Lipinski definition) is 1. The maximum absolute atomic E-state index is 11.0. The maximum atomic E-state index is 11.0. The van der Waals surface area contributed by atoms with Crippen LogP contribution in [0.25, 0.3) is 11.6 Å². The molecule has 1 atom stereocenters. The van der Waals surface area contributed by atoms with Crippen LogP contribution in [0.1, 0.15) is 29.5 Å². The van der Waals surface area contributed by atoms with Gasteiger partial charge in [0, 0.05) is 0 Å². The van der Waals surface area contributed by atoms with Gasteiger partial charge in [0.1, 0.15) is 6.29 Å². The molecule has 110 valence electrons. The summed E-state index contributed by atoms with van der Waals surface area (Å²) in [6, 6.07) is 18.8. The summed E-state index contributed by atoms with van der Waals surface area (Å²) in [6.07, 6.45) is 10.2. The van der Waals surface area contributed by atoms with E-state index in [1.807, 2.05) is 18.2 Å². The minimum atomic E-state index is 0.431. The van der Waals surface area contributed by atoms with Crippen LogP contribution in [0, 0.1) is 5.92 Å². The van der Waals surface area contributed by atoms with Crippen molar-refractivity contribution in [2.45, 2.75) is 19.3 Å². The monoisotopic (exact) mass is 288 g/mol. The van der Waals surface area contributed by atoms with Crippen LogP contribution in [0.5, 0.6) is 0 Å². The van der Waals surface area contributed by atoms with Crippen LogP contribution in [0.15, 0.2) is 66.7 Å². The lowest BCUT2D eigenvalue weighted by Gasteiger charge is -2.27. The van der Waals surface area contributed by atoms with E-state index in [9.17, 15) is 4.79 Å². The second-order valence-electron chi connectivity index (χ2n) is 5.70. The molecule has 22 heavy (non-hydrogen) atoms. The van der Waals surface area contributed by atoms with E-state index in [0.29, 0.717) is 5.92 Å². The molecule has 0 N–H and O–H groups in total. The van der Waals surface area contributed by atoms with Crippen molar-refractivity contribution in [2.75, 3.05) is 0 Å². The lowest BCUT2D eigenvalue weighted by Crippen LogP contribution is -2.13. The molecular weight excluding hydrogens is 268 g/mol. The number of benzene rings is 2.